The van der Waals surface area contributed by atoms with Crippen LogP contribution in [0.5, 0.6) is 0 Å². The molecule has 0 spiro atoms. The first-order valence-corrected chi connectivity index (χ1v) is 7.97. The quantitative estimate of drug-likeness (QED) is 0.880. The number of carbonyl (C=O) groups excluding carboxylic acids is 2. The monoisotopic (exact) mass is 319 g/mol. The van der Waals surface area contributed by atoms with E-state index in [4.69, 9.17) is 4.42 Å². The van der Waals surface area contributed by atoms with E-state index in [2.05, 4.69) is 10.1 Å². The highest BCUT2D eigenvalue weighted by Crippen LogP contribution is 2.30. The van der Waals surface area contributed by atoms with Gasteiger partial charge in [0.2, 0.25) is 0 Å². The lowest BCUT2D eigenvalue weighted by atomic mass is 10.2. The van der Waals surface area contributed by atoms with Gasteiger partial charge in [0.25, 0.3) is 5.91 Å². The summed E-state index contributed by atoms with van der Waals surface area (Å²) >= 11 is 1.57. The van der Waals surface area contributed by atoms with Gasteiger partial charge in [-0.3, -0.25) is 4.79 Å². The molecule has 1 N–H and O–H groups in total. The summed E-state index contributed by atoms with van der Waals surface area (Å²) in [5, 5.41) is 2.83. The molecule has 1 aliphatic carbocycles. The van der Waals surface area contributed by atoms with Crippen molar-refractivity contribution >= 4 is 23.2 Å². The first kappa shape index (κ1) is 14.8. The van der Waals surface area contributed by atoms with Crippen LogP contribution in [0.1, 0.15) is 48.4 Å². The Labute approximate surface area is 132 Å². The molecule has 0 unspecified atom stereocenters. The first-order chi connectivity index (χ1) is 10.6. The van der Waals surface area contributed by atoms with Gasteiger partial charge >= 0.3 is 5.97 Å². The smallest absolute Gasteiger partial charge is 0.341 e. The minimum Gasteiger partial charge on any atom is -0.465 e. The van der Waals surface area contributed by atoms with Crippen molar-refractivity contribution in [2.75, 3.05) is 7.11 Å². The molecule has 0 saturated carbocycles. The van der Waals surface area contributed by atoms with Gasteiger partial charge in [0.05, 0.1) is 18.5 Å². The van der Waals surface area contributed by atoms with E-state index in [-0.39, 0.29) is 12.5 Å². The lowest BCUT2D eigenvalue weighted by Crippen LogP contribution is -2.21. The van der Waals surface area contributed by atoms with E-state index in [1.165, 1.54) is 24.0 Å². The number of hydrogen-bond acceptors (Lipinski definition) is 5. The van der Waals surface area contributed by atoms with E-state index in [0.717, 1.165) is 17.7 Å². The Balaban J connectivity index is 1.64. The predicted octanol–water partition coefficient (Wildman–Crippen LogP) is 2.85. The Morgan fingerprint density at radius 3 is 2.91 bits per heavy atom. The Morgan fingerprint density at radius 1 is 1.36 bits per heavy atom. The normalized spacial score (nSPS) is 13.0. The number of ether oxygens (including phenoxy) is 1. The molecule has 116 valence electrons. The molecule has 0 aliphatic heterocycles. The molecular weight excluding hydrogens is 302 g/mol. The number of fused-ring (bicyclic) bond motifs is 1. The number of furan rings is 1. The van der Waals surface area contributed by atoms with Gasteiger partial charge in [-0.25, -0.2) is 4.79 Å². The van der Waals surface area contributed by atoms with Gasteiger partial charge in [-0.05, 0) is 43.9 Å². The number of thiophene rings is 1. The lowest BCUT2D eigenvalue weighted by molar-refractivity contribution is 0.0598. The third-order valence-electron chi connectivity index (χ3n) is 3.77. The largest absolute Gasteiger partial charge is 0.465 e. The topological polar surface area (TPSA) is 68.5 Å². The van der Waals surface area contributed by atoms with E-state index < -0.39 is 5.97 Å². The maximum atomic E-state index is 12.2. The van der Waals surface area contributed by atoms with E-state index in [1.807, 2.05) is 6.07 Å². The van der Waals surface area contributed by atoms with E-state index in [9.17, 15) is 9.59 Å². The first-order valence-electron chi connectivity index (χ1n) is 7.16. The lowest BCUT2D eigenvalue weighted by Gasteiger charge is -2.00. The summed E-state index contributed by atoms with van der Waals surface area (Å²) in [5.74, 6) is 0.489. The maximum Gasteiger partial charge on any atom is 0.341 e. The van der Waals surface area contributed by atoms with Crippen LogP contribution in [0.25, 0.3) is 0 Å². The fourth-order valence-corrected chi connectivity index (χ4v) is 3.81. The third kappa shape index (κ3) is 2.78. The van der Waals surface area contributed by atoms with Crippen LogP contribution in [0.2, 0.25) is 0 Å². The van der Waals surface area contributed by atoms with Crippen molar-refractivity contribution < 1.29 is 18.7 Å². The van der Waals surface area contributed by atoms with Gasteiger partial charge < -0.3 is 14.5 Å². The van der Waals surface area contributed by atoms with Crippen molar-refractivity contribution in [2.24, 2.45) is 0 Å². The molecule has 5 nitrogen and oxygen atoms in total. The van der Waals surface area contributed by atoms with Gasteiger partial charge in [-0.1, -0.05) is 0 Å². The molecule has 3 rings (SSSR count). The molecule has 0 saturated heterocycles. The minimum absolute atomic E-state index is 0.104. The van der Waals surface area contributed by atoms with Crippen LogP contribution < -0.4 is 5.32 Å². The third-order valence-corrected chi connectivity index (χ3v) is 5.00. The summed E-state index contributed by atoms with van der Waals surface area (Å²) in [5.41, 5.74) is 1.69. The van der Waals surface area contributed by atoms with Crippen LogP contribution in [-0.2, 0) is 24.1 Å². The number of nitrogens with one attached hydrogen (secondary N) is 1. The van der Waals surface area contributed by atoms with E-state index in [0.29, 0.717) is 17.1 Å². The number of hydrogen-bond donors (Lipinski definition) is 1. The average molecular weight is 319 g/mol. The number of methoxy groups -OCH3 is 1. The predicted molar refractivity (Wildman–Crippen MR) is 82.3 cm³/mol. The molecule has 0 aromatic carbocycles. The molecule has 0 radical (unpaired) electrons. The standard InChI is InChI=1S/C16H17NO4S/c1-9-12(16(19)20-2)7-11(21-9)8-17-15(18)14-6-10-4-3-5-13(10)22-14/h6-7H,3-5,8H2,1-2H3,(H,17,18). The average Bonchev–Trinajstić information content (AvgIpc) is 3.17. The van der Waals surface area contributed by atoms with Crippen molar-refractivity contribution in [3.05, 3.63) is 44.5 Å². The zero-order valence-electron chi connectivity index (χ0n) is 12.5. The zero-order valence-corrected chi connectivity index (χ0v) is 13.3. The highest BCUT2D eigenvalue weighted by Gasteiger charge is 2.19. The number of rotatable bonds is 4. The molecule has 2 heterocycles. The van der Waals surface area contributed by atoms with Crippen molar-refractivity contribution in [3.8, 4) is 0 Å². The highest BCUT2D eigenvalue weighted by atomic mass is 32.1. The second kappa shape index (κ2) is 5.96. The molecule has 0 fully saturated rings. The Hall–Kier alpha value is -2.08. The summed E-state index contributed by atoms with van der Waals surface area (Å²) < 4.78 is 10.1. The fourth-order valence-electron chi connectivity index (χ4n) is 2.64. The molecule has 0 bridgehead atoms. The summed E-state index contributed by atoms with van der Waals surface area (Å²) in [6.45, 7) is 1.95. The molecule has 1 aliphatic rings. The van der Waals surface area contributed by atoms with Crippen molar-refractivity contribution in [3.63, 3.8) is 0 Å². The van der Waals surface area contributed by atoms with Gasteiger partial charge in [-0.15, -0.1) is 11.3 Å². The van der Waals surface area contributed by atoms with Crippen LogP contribution >= 0.6 is 11.3 Å². The van der Waals surface area contributed by atoms with E-state index >= 15 is 0 Å². The maximum absolute atomic E-state index is 12.2. The molecule has 6 heteroatoms. The zero-order chi connectivity index (χ0) is 15.7. The molecule has 2 aromatic rings. The molecule has 2 aromatic heterocycles. The van der Waals surface area contributed by atoms with Gasteiger partial charge in [0.15, 0.2) is 0 Å². The number of amides is 1. The Bertz CT molecular complexity index is 707. The van der Waals surface area contributed by atoms with Crippen LogP contribution in [0.15, 0.2) is 16.5 Å². The molecular formula is C16H17NO4S. The van der Waals surface area contributed by atoms with E-state index in [1.54, 1.807) is 24.3 Å². The van der Waals surface area contributed by atoms with Crippen molar-refractivity contribution in [1.29, 1.82) is 0 Å². The summed E-state index contributed by atoms with van der Waals surface area (Å²) in [7, 11) is 1.33. The molecule has 22 heavy (non-hydrogen) atoms. The summed E-state index contributed by atoms with van der Waals surface area (Å²) in [6.07, 6.45) is 3.33. The number of esters is 1. The Morgan fingerprint density at radius 2 is 2.18 bits per heavy atom. The molecule has 1 amide bonds. The highest BCUT2D eigenvalue weighted by molar-refractivity contribution is 7.14. The van der Waals surface area contributed by atoms with Crippen LogP contribution in [0.3, 0.4) is 0 Å². The fraction of sp³-hybridized carbons (Fsp3) is 0.375. The van der Waals surface area contributed by atoms with Crippen molar-refractivity contribution in [2.45, 2.75) is 32.7 Å². The SMILES string of the molecule is COC(=O)c1cc(CNC(=O)c2cc3c(s2)CCC3)oc1C. The summed E-state index contributed by atoms with van der Waals surface area (Å²) in [4.78, 5) is 25.8. The minimum atomic E-state index is -0.437. The van der Waals surface area contributed by atoms with Crippen LogP contribution in [0.4, 0.5) is 0 Å². The second-order valence-corrected chi connectivity index (χ2v) is 6.41. The van der Waals surface area contributed by atoms with Crippen LogP contribution in [-0.4, -0.2) is 19.0 Å². The van der Waals surface area contributed by atoms with Crippen LogP contribution in [0, 0.1) is 6.92 Å². The number of aryl methyl sites for hydroxylation is 3. The Kier molecular flexibility index (Phi) is 4.02. The van der Waals surface area contributed by atoms with Gasteiger partial charge in [-0.2, -0.15) is 0 Å². The summed E-state index contributed by atoms with van der Waals surface area (Å²) in [6, 6.07) is 3.59. The van der Waals surface area contributed by atoms with Gasteiger partial charge in [0, 0.05) is 4.88 Å². The number of carbonyl (C=O) groups is 2. The van der Waals surface area contributed by atoms with Crippen molar-refractivity contribution in [1.82, 2.24) is 5.32 Å². The molecule has 0 atom stereocenters. The van der Waals surface area contributed by atoms with Gasteiger partial charge in [0.1, 0.15) is 17.1 Å². The second-order valence-electron chi connectivity index (χ2n) is 5.27.